The van der Waals surface area contributed by atoms with Gasteiger partial charge in [0.1, 0.15) is 22.8 Å². The fourth-order valence-corrected chi connectivity index (χ4v) is 4.41. The molecule has 4 atom stereocenters. The van der Waals surface area contributed by atoms with Gasteiger partial charge >= 0.3 is 0 Å². The third-order valence-corrected chi connectivity index (χ3v) is 6.30. The van der Waals surface area contributed by atoms with Crippen molar-refractivity contribution in [2.45, 2.75) is 44.9 Å². The summed E-state index contributed by atoms with van der Waals surface area (Å²) in [4.78, 5) is 13.3. The van der Waals surface area contributed by atoms with Crippen LogP contribution in [0.4, 0.5) is 11.8 Å². The van der Waals surface area contributed by atoms with E-state index in [0.717, 1.165) is 17.5 Å². The van der Waals surface area contributed by atoms with E-state index in [2.05, 4.69) is 25.6 Å². The molecule has 184 valence electrons. The van der Waals surface area contributed by atoms with Gasteiger partial charge in [0.2, 0.25) is 5.95 Å². The summed E-state index contributed by atoms with van der Waals surface area (Å²) < 4.78 is 11.4. The number of rotatable bonds is 10. The maximum atomic E-state index is 10.5. The lowest BCUT2D eigenvalue weighted by molar-refractivity contribution is 0.00446. The van der Waals surface area contributed by atoms with Crippen molar-refractivity contribution in [3.63, 3.8) is 0 Å². The van der Waals surface area contributed by atoms with Gasteiger partial charge in [0.25, 0.3) is 0 Å². The molecule has 5 N–H and O–H groups in total. The highest BCUT2D eigenvalue weighted by molar-refractivity contribution is 6.32. The average molecular weight is 492 g/mol. The van der Waals surface area contributed by atoms with Gasteiger partial charge in [-0.25, -0.2) is 4.98 Å². The van der Waals surface area contributed by atoms with Crippen molar-refractivity contribution in [2.75, 3.05) is 37.0 Å². The number of anilines is 2. The fraction of sp³-hybridized carbons (Fsp3) is 0.522. The summed E-state index contributed by atoms with van der Waals surface area (Å²) >= 11 is 6.61. The zero-order chi connectivity index (χ0) is 24.2. The molecule has 1 saturated carbocycles. The van der Waals surface area contributed by atoms with Crippen molar-refractivity contribution in [2.24, 2.45) is 5.92 Å². The lowest BCUT2D eigenvalue weighted by atomic mass is 10.1. The fourth-order valence-electron chi connectivity index (χ4n) is 4.15. The number of nitrogens with one attached hydrogen (secondary N) is 2. The van der Waals surface area contributed by atoms with Gasteiger partial charge in [0.05, 0.1) is 30.5 Å². The Morgan fingerprint density at radius 3 is 2.74 bits per heavy atom. The normalized spacial score (nSPS) is 22.4. The lowest BCUT2D eigenvalue weighted by Gasteiger charge is -2.21. The minimum Gasteiger partial charge on any atom is -0.454 e. The van der Waals surface area contributed by atoms with Crippen molar-refractivity contribution >= 4 is 34.3 Å². The molecule has 0 bridgehead atoms. The van der Waals surface area contributed by atoms with Gasteiger partial charge in [0, 0.05) is 36.8 Å². The Bertz CT molecular complexity index is 1130. The Labute approximate surface area is 202 Å². The second-order valence-corrected chi connectivity index (χ2v) is 8.63. The van der Waals surface area contributed by atoms with E-state index in [1.807, 2.05) is 26.0 Å². The van der Waals surface area contributed by atoms with E-state index in [4.69, 9.17) is 20.8 Å². The number of aliphatic hydroxyl groups is 3. The van der Waals surface area contributed by atoms with Gasteiger partial charge in [-0.15, -0.1) is 0 Å². The lowest BCUT2D eigenvalue weighted by Crippen LogP contribution is -2.35. The van der Waals surface area contributed by atoms with Crippen molar-refractivity contribution in [1.82, 2.24) is 15.0 Å². The Balaban J connectivity index is 1.71. The van der Waals surface area contributed by atoms with Crippen LogP contribution in [0.2, 0.25) is 5.15 Å². The number of aliphatic hydroxyl groups excluding tert-OH is 3. The zero-order valence-electron chi connectivity index (χ0n) is 19.2. The summed E-state index contributed by atoms with van der Waals surface area (Å²) in [6.45, 7) is 5.27. The summed E-state index contributed by atoms with van der Waals surface area (Å²) in [5.74, 6) is 0.636. The van der Waals surface area contributed by atoms with Gasteiger partial charge in [-0.05, 0) is 31.9 Å². The van der Waals surface area contributed by atoms with Crippen molar-refractivity contribution in [3.8, 4) is 11.3 Å². The summed E-state index contributed by atoms with van der Waals surface area (Å²) in [6.07, 6.45) is 0.698. The van der Waals surface area contributed by atoms with Gasteiger partial charge < -0.3 is 35.1 Å². The minimum absolute atomic E-state index is 0.158. The molecule has 1 aliphatic rings. The highest BCUT2D eigenvalue weighted by atomic mass is 35.5. The number of pyridine rings is 1. The van der Waals surface area contributed by atoms with Crippen LogP contribution >= 0.6 is 11.6 Å². The first-order valence-electron chi connectivity index (χ1n) is 11.5. The Hall–Kier alpha value is -2.50. The molecule has 1 fully saturated rings. The molecule has 0 amide bonds. The molecule has 34 heavy (non-hydrogen) atoms. The monoisotopic (exact) mass is 491 g/mol. The third kappa shape index (κ3) is 5.11. The number of aryl methyl sites for hydroxylation is 1. The summed E-state index contributed by atoms with van der Waals surface area (Å²) in [7, 11) is 0. The molecular weight excluding hydrogens is 462 g/mol. The molecule has 0 spiro atoms. The van der Waals surface area contributed by atoms with Crippen LogP contribution in [-0.2, 0) is 11.2 Å². The first-order valence-corrected chi connectivity index (χ1v) is 11.8. The number of ether oxygens (including phenoxy) is 1. The first kappa shape index (κ1) is 24.6. The third-order valence-electron chi connectivity index (χ3n) is 6.03. The zero-order valence-corrected chi connectivity index (χ0v) is 19.9. The number of nitrogens with zero attached hydrogens (tertiary/aromatic N) is 3. The van der Waals surface area contributed by atoms with Crippen LogP contribution < -0.4 is 10.6 Å². The van der Waals surface area contributed by atoms with E-state index in [-0.39, 0.29) is 17.7 Å². The highest BCUT2D eigenvalue weighted by Gasteiger charge is 2.41. The van der Waals surface area contributed by atoms with E-state index < -0.39 is 24.2 Å². The quantitative estimate of drug-likeness (QED) is 0.212. The average Bonchev–Trinajstić information content (AvgIpc) is 3.36. The number of halogens is 1. The van der Waals surface area contributed by atoms with Crippen LogP contribution in [0.1, 0.15) is 26.0 Å². The summed E-state index contributed by atoms with van der Waals surface area (Å²) in [6, 6.07) is 3.26. The van der Waals surface area contributed by atoms with Crippen molar-refractivity contribution in [1.29, 1.82) is 0 Å². The molecule has 3 heterocycles. The smallest absolute Gasteiger partial charge is 0.226 e. The maximum Gasteiger partial charge on any atom is 0.226 e. The maximum absolute atomic E-state index is 10.5. The van der Waals surface area contributed by atoms with E-state index in [0.29, 0.717) is 48.9 Å². The van der Waals surface area contributed by atoms with Crippen molar-refractivity contribution in [3.05, 3.63) is 29.2 Å². The van der Waals surface area contributed by atoms with Crippen LogP contribution in [0.5, 0.6) is 0 Å². The van der Waals surface area contributed by atoms with Gasteiger partial charge in [-0.1, -0.05) is 18.5 Å². The highest BCUT2D eigenvalue weighted by Crippen LogP contribution is 2.39. The number of furan rings is 1. The predicted octanol–water partition coefficient (Wildman–Crippen LogP) is 2.46. The Kier molecular flexibility index (Phi) is 7.84. The number of hydrogen-bond acceptors (Lipinski definition) is 10. The van der Waals surface area contributed by atoms with Gasteiger partial charge in [-0.3, -0.25) is 4.98 Å². The van der Waals surface area contributed by atoms with Gasteiger partial charge in [-0.2, -0.15) is 4.98 Å². The molecule has 0 aliphatic heterocycles. The molecule has 4 rings (SSSR count). The van der Waals surface area contributed by atoms with E-state index in [9.17, 15) is 15.3 Å². The van der Waals surface area contributed by atoms with Crippen LogP contribution in [0.25, 0.3) is 22.3 Å². The first-order chi connectivity index (χ1) is 16.4. The van der Waals surface area contributed by atoms with E-state index >= 15 is 0 Å². The molecule has 0 unspecified atom stereocenters. The SMILES string of the molecule is CCOCCNc1nc(Cl)c(-c2cc3cc(CC)ncc3o2)c(N[C@@H]2C[C@H](CO)[C@@H](O)[C@H]2O)n1. The van der Waals surface area contributed by atoms with E-state index in [1.54, 1.807) is 6.20 Å². The molecule has 11 heteroatoms. The molecule has 1 aliphatic carbocycles. The number of hydrogen-bond donors (Lipinski definition) is 5. The van der Waals surface area contributed by atoms with Crippen molar-refractivity contribution < 1.29 is 24.5 Å². The summed E-state index contributed by atoms with van der Waals surface area (Å²) in [5.41, 5.74) is 1.97. The molecule has 0 saturated heterocycles. The molecule has 3 aromatic rings. The number of fused-ring (bicyclic) bond motifs is 1. The molecule has 0 radical (unpaired) electrons. The Morgan fingerprint density at radius 1 is 1.21 bits per heavy atom. The van der Waals surface area contributed by atoms with Crippen LogP contribution in [-0.4, -0.2) is 74.9 Å². The summed E-state index contributed by atoms with van der Waals surface area (Å²) in [5, 5.41) is 37.6. The molecule has 0 aromatic carbocycles. The minimum atomic E-state index is -1.08. The topological polar surface area (TPSA) is 146 Å². The van der Waals surface area contributed by atoms with Crippen LogP contribution in [0, 0.1) is 5.92 Å². The Morgan fingerprint density at radius 2 is 2.03 bits per heavy atom. The second kappa shape index (κ2) is 10.8. The largest absolute Gasteiger partial charge is 0.454 e. The molecule has 10 nitrogen and oxygen atoms in total. The molecular formula is C23H30ClN5O5. The predicted molar refractivity (Wildman–Crippen MR) is 129 cm³/mol. The van der Waals surface area contributed by atoms with Crippen LogP contribution in [0.15, 0.2) is 22.7 Å². The van der Waals surface area contributed by atoms with Gasteiger partial charge in [0.15, 0.2) is 5.58 Å². The number of aromatic nitrogens is 3. The molecule has 3 aromatic heterocycles. The van der Waals surface area contributed by atoms with E-state index in [1.165, 1.54) is 0 Å². The standard InChI is InChI=1S/C23H30ClN5O5/c1-3-14-7-12-9-16(34-17(12)10-26-14)18-21(24)28-23(25-5-6-33-4-2)29-22(18)27-15-8-13(11-30)19(31)20(15)32/h7,9-10,13,15,19-20,30-32H,3-6,8,11H2,1-2H3,(H2,25,27,28,29)/t13-,15-,19-,20+/m1/s1. The second-order valence-electron chi connectivity index (χ2n) is 8.27. The van der Waals surface area contributed by atoms with Crippen LogP contribution in [0.3, 0.4) is 0 Å².